The predicted octanol–water partition coefficient (Wildman–Crippen LogP) is 15.5. The first-order chi connectivity index (χ1) is 26.9. The summed E-state index contributed by atoms with van der Waals surface area (Å²) in [4.78, 5) is 0. The Hall–Kier alpha value is -3.52. The summed E-state index contributed by atoms with van der Waals surface area (Å²) in [6.45, 7) is 21.1. The molecule has 0 spiro atoms. The van der Waals surface area contributed by atoms with Gasteiger partial charge in [-0.1, -0.05) is 0 Å². The van der Waals surface area contributed by atoms with Crippen molar-refractivity contribution in [2.45, 2.75) is 88.7 Å². The Morgan fingerprint density at radius 1 is 0.508 bits per heavy atom. The minimum atomic E-state index is -4.06. The Morgan fingerprint density at radius 3 is 1.46 bits per heavy atom. The molecule has 304 valence electrons. The van der Waals surface area contributed by atoms with Crippen LogP contribution in [0.3, 0.4) is 0 Å². The molecule has 0 fully saturated rings. The van der Waals surface area contributed by atoms with Gasteiger partial charge >= 0.3 is 348 Å². The molecule has 2 unspecified atom stereocenters. The van der Waals surface area contributed by atoms with E-state index in [0.717, 1.165) is 0 Å². The predicted molar refractivity (Wildman–Crippen MR) is 262 cm³/mol. The van der Waals surface area contributed by atoms with Crippen molar-refractivity contribution in [3.05, 3.63) is 201 Å². The molecule has 6 aromatic carbocycles. The molecule has 0 aromatic heterocycles. The van der Waals surface area contributed by atoms with Gasteiger partial charge in [-0.2, -0.15) is 0 Å². The zero-order valence-corrected chi connectivity index (χ0v) is 42.2. The van der Waals surface area contributed by atoms with Crippen LogP contribution in [0.1, 0.15) is 112 Å². The first-order valence-corrected chi connectivity index (χ1v) is 34.7. The van der Waals surface area contributed by atoms with Crippen molar-refractivity contribution in [1.29, 1.82) is 0 Å². The van der Waals surface area contributed by atoms with Crippen molar-refractivity contribution in [3.63, 3.8) is 0 Å². The fraction of sp³-hybridized carbons (Fsp3) is 0.273. The topological polar surface area (TPSA) is 0 Å². The van der Waals surface area contributed by atoms with Crippen LogP contribution in [0.15, 0.2) is 151 Å². The van der Waals surface area contributed by atoms with E-state index in [4.69, 9.17) is 0 Å². The SMILES string of the molecule is CC1=Cc2c(-c3ccc(C(C)(C)C)cc3)ccc(C)c2[CH]1[Zr]([CH3])([CH3])(=[SiH2])[CH]1C(C(c2ccccc2)c2ccccc2)=Cc2c(-c3ccc(C(C)(C)C)cc3)cccc21.Cl.Cl. The molecule has 0 saturated carbocycles. The largest absolute Gasteiger partial charge is 0.147 e. The third kappa shape index (κ3) is 8.17. The van der Waals surface area contributed by atoms with Crippen molar-refractivity contribution in [1.82, 2.24) is 0 Å². The maximum atomic E-state index is 2.80. The van der Waals surface area contributed by atoms with Gasteiger partial charge in [-0.05, 0) is 0 Å². The quantitative estimate of drug-likeness (QED) is 0.140. The number of halogens is 2. The van der Waals surface area contributed by atoms with E-state index in [-0.39, 0.29) is 41.6 Å². The fourth-order valence-electron chi connectivity index (χ4n) is 10.6. The number of hydrogen-bond acceptors (Lipinski definition) is 0. The Kier molecular flexibility index (Phi) is 12.5. The van der Waals surface area contributed by atoms with E-state index in [2.05, 4.69) is 223 Å². The molecule has 0 radical (unpaired) electrons. The first kappa shape index (κ1) is 45.0. The van der Waals surface area contributed by atoms with Gasteiger partial charge in [-0.15, -0.1) is 24.8 Å². The molecule has 0 bridgehead atoms. The summed E-state index contributed by atoms with van der Waals surface area (Å²) in [6, 6.07) is 53.4. The Labute approximate surface area is 370 Å². The van der Waals surface area contributed by atoms with Gasteiger partial charge in [0.15, 0.2) is 0 Å². The molecule has 0 nitrogen and oxygen atoms in total. The summed E-state index contributed by atoms with van der Waals surface area (Å²) in [5.74, 6) is 0.150. The second-order valence-corrected chi connectivity index (χ2v) is 50.8. The summed E-state index contributed by atoms with van der Waals surface area (Å²) in [7, 11) is 0. The zero-order valence-electron chi connectivity index (χ0n) is 36.7. The maximum absolute atomic E-state index is 4.06. The number of hydrogen-bond donors (Lipinski definition) is 0. The van der Waals surface area contributed by atoms with Crippen molar-refractivity contribution >= 4 is 43.8 Å². The number of aryl methyl sites for hydroxylation is 1. The number of benzene rings is 6. The number of rotatable bonds is 7. The van der Waals surface area contributed by atoms with Crippen LogP contribution in [0.2, 0.25) is 9.26 Å². The second kappa shape index (κ2) is 16.4. The molecule has 2 atom stereocenters. The van der Waals surface area contributed by atoms with Crippen molar-refractivity contribution in [2.24, 2.45) is 0 Å². The molecule has 0 saturated heterocycles. The molecule has 0 N–H and O–H groups in total. The van der Waals surface area contributed by atoms with E-state index >= 15 is 0 Å². The van der Waals surface area contributed by atoms with Gasteiger partial charge in [0.05, 0.1) is 0 Å². The van der Waals surface area contributed by atoms with Crippen LogP contribution in [0.25, 0.3) is 34.4 Å². The zero-order chi connectivity index (χ0) is 40.5. The van der Waals surface area contributed by atoms with Crippen LogP contribution in [0.5, 0.6) is 0 Å². The summed E-state index contributed by atoms with van der Waals surface area (Å²) < 4.78 is 6.35. The molecule has 0 amide bonds. The van der Waals surface area contributed by atoms with Gasteiger partial charge in [0, 0.05) is 0 Å². The second-order valence-electron chi connectivity index (χ2n) is 20.3. The number of fused-ring (bicyclic) bond motifs is 2. The van der Waals surface area contributed by atoms with Gasteiger partial charge in [-0.25, -0.2) is 0 Å². The Morgan fingerprint density at radius 2 is 0.983 bits per heavy atom. The maximum Gasteiger partial charge on any atom is -0.147 e. The first-order valence-electron chi connectivity index (χ1n) is 21.0. The van der Waals surface area contributed by atoms with Gasteiger partial charge < -0.3 is 0 Å². The summed E-state index contributed by atoms with van der Waals surface area (Å²) in [5.41, 5.74) is 21.5. The van der Waals surface area contributed by atoms with Crippen LogP contribution in [-0.4, -0.2) is 6.88 Å². The van der Waals surface area contributed by atoms with Gasteiger partial charge in [0.2, 0.25) is 0 Å². The minimum absolute atomic E-state index is 0. The molecule has 0 heterocycles. The summed E-state index contributed by atoms with van der Waals surface area (Å²) >= 11 is -4.06. The molecular weight excluding hydrogens is 851 g/mol. The third-order valence-electron chi connectivity index (χ3n) is 13.3. The Bertz CT molecular complexity index is 2570. The molecular formula is C55H62Cl2SiZr. The van der Waals surface area contributed by atoms with E-state index in [1.54, 1.807) is 11.1 Å². The molecule has 2 aliphatic rings. The fourth-order valence-corrected chi connectivity index (χ4v) is 30.8. The molecule has 4 heteroatoms. The van der Waals surface area contributed by atoms with E-state index in [1.165, 1.54) is 72.3 Å². The monoisotopic (exact) mass is 910 g/mol. The van der Waals surface area contributed by atoms with Crippen molar-refractivity contribution < 1.29 is 17.4 Å². The standard InChI is InChI=1S/C32H29.C21H23.2CH3.2ClH.H2Si.Zr/c1-32(2,3)28-19-17-23(18-20-28)29-16-10-15-26-21-27(22-30(26)29)31(24-11-6-4-7-12-24)25-13-8-5-9-14-25;1-14-12-19-15(2)6-11-18(20(19)13-14)16-7-9-17(10-8-16)21(3,4)5;;;;;;/h4-22,31H,1-3H3;6-13H,1-5H3;2*1H3;2*1H;1H2;. The molecule has 0 aliphatic heterocycles. The van der Waals surface area contributed by atoms with Crippen LogP contribution >= 0.6 is 24.8 Å². The van der Waals surface area contributed by atoms with E-state index in [1.807, 2.05) is 0 Å². The van der Waals surface area contributed by atoms with Crippen LogP contribution in [-0.2, 0) is 28.2 Å². The Balaban J connectivity index is 0.00000293. The van der Waals surface area contributed by atoms with E-state index < -0.39 is 17.4 Å². The van der Waals surface area contributed by atoms with Crippen molar-refractivity contribution in [2.75, 3.05) is 0 Å². The molecule has 6 aromatic rings. The average Bonchev–Trinajstić information content (AvgIpc) is 3.75. The number of allylic oxidation sites excluding steroid dienone is 2. The summed E-state index contributed by atoms with van der Waals surface area (Å²) in [5, 5.41) is 0. The van der Waals surface area contributed by atoms with E-state index in [9.17, 15) is 0 Å². The summed E-state index contributed by atoms with van der Waals surface area (Å²) in [6.07, 6.45) is 5.23. The molecule has 2 aliphatic carbocycles. The smallest absolute Gasteiger partial charge is 0.147 e. The minimum Gasteiger partial charge on any atom is -0.147 e. The van der Waals surface area contributed by atoms with Crippen molar-refractivity contribution in [3.8, 4) is 22.3 Å². The van der Waals surface area contributed by atoms with Gasteiger partial charge in [-0.3, -0.25) is 0 Å². The van der Waals surface area contributed by atoms with Gasteiger partial charge in [0.1, 0.15) is 0 Å². The third-order valence-corrected chi connectivity index (χ3v) is 30.9. The van der Waals surface area contributed by atoms with Gasteiger partial charge in [0.25, 0.3) is 0 Å². The molecule has 59 heavy (non-hydrogen) atoms. The van der Waals surface area contributed by atoms with E-state index in [0.29, 0.717) is 7.25 Å². The van der Waals surface area contributed by atoms with Crippen LogP contribution in [0.4, 0.5) is 0 Å². The van der Waals surface area contributed by atoms with Crippen LogP contribution < -0.4 is 0 Å². The van der Waals surface area contributed by atoms with Crippen LogP contribution in [0, 0.1) is 6.92 Å². The molecule has 8 rings (SSSR count). The average molecular weight is 913 g/mol. The normalized spacial score (nSPS) is 16.4.